The number of nitrogens with zero attached hydrogens (tertiary/aromatic N) is 1. The van der Waals surface area contributed by atoms with Crippen LogP contribution in [0.1, 0.15) is 25.7 Å². The van der Waals surface area contributed by atoms with Crippen molar-refractivity contribution in [2.24, 2.45) is 0 Å². The van der Waals surface area contributed by atoms with E-state index in [9.17, 15) is 19.3 Å². The minimum Gasteiger partial charge on any atom is -0.481 e. The van der Waals surface area contributed by atoms with Gasteiger partial charge < -0.3 is 10.4 Å². The average molecular weight is 270 g/mol. The standard InChI is InChI=1S/C12H15FN2O4/c13-9-5-4-6-10(12(9)15(18)19)14-8-3-1-2-7-11(16)17/h4-6,14H,1-3,7-8H2,(H,16,17). The number of nitro groups is 1. The first-order chi connectivity index (χ1) is 9.02. The molecule has 0 amide bonds. The fourth-order valence-electron chi connectivity index (χ4n) is 1.64. The molecule has 0 saturated carbocycles. The minimum absolute atomic E-state index is 0.111. The van der Waals surface area contributed by atoms with E-state index in [0.29, 0.717) is 25.8 Å². The number of anilines is 1. The summed E-state index contributed by atoms with van der Waals surface area (Å²) in [5, 5.41) is 22.0. The van der Waals surface area contributed by atoms with Gasteiger partial charge in [0.25, 0.3) is 0 Å². The molecule has 0 saturated heterocycles. The Morgan fingerprint density at radius 2 is 2.11 bits per heavy atom. The summed E-state index contributed by atoms with van der Waals surface area (Å²) in [4.78, 5) is 20.2. The zero-order chi connectivity index (χ0) is 14.3. The summed E-state index contributed by atoms with van der Waals surface area (Å²) in [5.74, 6) is -1.71. The number of unbranched alkanes of at least 4 members (excludes halogenated alkanes) is 2. The van der Waals surface area contributed by atoms with Crippen LogP contribution in [0.2, 0.25) is 0 Å². The van der Waals surface area contributed by atoms with Gasteiger partial charge in [-0.2, -0.15) is 4.39 Å². The highest BCUT2D eigenvalue weighted by atomic mass is 19.1. The summed E-state index contributed by atoms with van der Waals surface area (Å²) in [6.45, 7) is 0.434. The van der Waals surface area contributed by atoms with Gasteiger partial charge in [-0.05, 0) is 25.0 Å². The Labute approximate surface area is 109 Å². The second kappa shape index (κ2) is 7.30. The molecule has 0 aliphatic rings. The summed E-state index contributed by atoms with van der Waals surface area (Å²) in [6.07, 6.45) is 2.03. The van der Waals surface area contributed by atoms with Gasteiger partial charge in [0.2, 0.25) is 5.82 Å². The van der Waals surface area contributed by atoms with Gasteiger partial charge in [0, 0.05) is 13.0 Å². The van der Waals surface area contributed by atoms with E-state index in [1.165, 1.54) is 12.1 Å². The Morgan fingerprint density at radius 1 is 1.37 bits per heavy atom. The lowest BCUT2D eigenvalue weighted by Gasteiger charge is -2.07. The highest BCUT2D eigenvalue weighted by Crippen LogP contribution is 2.27. The third-order valence-electron chi connectivity index (χ3n) is 2.55. The number of hydrogen-bond donors (Lipinski definition) is 2. The predicted octanol–water partition coefficient (Wildman–Crippen LogP) is 2.79. The average Bonchev–Trinajstić information content (AvgIpc) is 2.32. The molecule has 19 heavy (non-hydrogen) atoms. The summed E-state index contributed by atoms with van der Waals surface area (Å²) in [5.41, 5.74) is -0.420. The van der Waals surface area contributed by atoms with Gasteiger partial charge in [-0.3, -0.25) is 14.9 Å². The third-order valence-corrected chi connectivity index (χ3v) is 2.55. The fourth-order valence-corrected chi connectivity index (χ4v) is 1.64. The Bertz CT molecular complexity index is 465. The number of rotatable bonds is 8. The van der Waals surface area contributed by atoms with E-state index in [0.717, 1.165) is 6.07 Å². The molecule has 0 atom stereocenters. The number of carboxylic acid groups (broad SMARTS) is 1. The molecule has 0 aliphatic carbocycles. The highest BCUT2D eigenvalue weighted by Gasteiger charge is 2.19. The summed E-state index contributed by atoms with van der Waals surface area (Å²) in [7, 11) is 0. The van der Waals surface area contributed by atoms with Crippen LogP contribution < -0.4 is 5.32 Å². The van der Waals surface area contributed by atoms with Gasteiger partial charge >= 0.3 is 11.7 Å². The van der Waals surface area contributed by atoms with Crippen LogP contribution >= 0.6 is 0 Å². The lowest BCUT2D eigenvalue weighted by molar-refractivity contribution is -0.386. The second-order valence-corrected chi connectivity index (χ2v) is 4.02. The predicted molar refractivity (Wildman–Crippen MR) is 67.6 cm³/mol. The minimum atomic E-state index is -0.874. The largest absolute Gasteiger partial charge is 0.481 e. The SMILES string of the molecule is O=C(O)CCCCCNc1cccc(F)c1[N+](=O)[O-]. The summed E-state index contributed by atoms with van der Waals surface area (Å²) >= 11 is 0. The molecule has 0 fully saturated rings. The molecule has 0 spiro atoms. The van der Waals surface area contributed by atoms with Gasteiger partial charge in [0.1, 0.15) is 5.69 Å². The Balaban J connectivity index is 2.43. The van der Waals surface area contributed by atoms with Gasteiger partial charge in [0.05, 0.1) is 4.92 Å². The van der Waals surface area contributed by atoms with Crippen molar-refractivity contribution in [1.82, 2.24) is 0 Å². The quantitative estimate of drug-likeness (QED) is 0.430. The van der Waals surface area contributed by atoms with Crippen molar-refractivity contribution in [2.75, 3.05) is 11.9 Å². The maximum atomic E-state index is 13.3. The third kappa shape index (κ3) is 4.90. The highest BCUT2D eigenvalue weighted by molar-refractivity contribution is 5.66. The number of halogens is 1. The molecule has 104 valence electrons. The summed E-state index contributed by atoms with van der Waals surface area (Å²) < 4.78 is 13.3. The topological polar surface area (TPSA) is 92.5 Å². The van der Waals surface area contributed by atoms with Crippen LogP contribution in [-0.2, 0) is 4.79 Å². The van der Waals surface area contributed by atoms with Crippen LogP contribution in [0.15, 0.2) is 18.2 Å². The van der Waals surface area contributed by atoms with Crippen LogP contribution in [0.5, 0.6) is 0 Å². The van der Waals surface area contributed by atoms with E-state index in [1.54, 1.807) is 0 Å². The number of benzene rings is 1. The van der Waals surface area contributed by atoms with Gasteiger partial charge in [-0.15, -0.1) is 0 Å². The van der Waals surface area contributed by atoms with Crippen LogP contribution in [0.25, 0.3) is 0 Å². The molecule has 0 bridgehead atoms. The Hall–Kier alpha value is -2.18. The van der Waals surface area contributed by atoms with Crippen LogP contribution in [-0.4, -0.2) is 22.5 Å². The molecule has 6 nitrogen and oxygen atoms in total. The van der Waals surface area contributed by atoms with E-state index in [2.05, 4.69) is 5.32 Å². The molecule has 1 rings (SSSR count). The van der Waals surface area contributed by atoms with E-state index >= 15 is 0 Å². The molecular weight excluding hydrogens is 255 g/mol. The number of carbonyl (C=O) groups is 1. The summed E-state index contributed by atoms with van der Waals surface area (Å²) in [6, 6.07) is 3.88. The molecule has 1 aromatic carbocycles. The van der Waals surface area contributed by atoms with Crippen molar-refractivity contribution < 1.29 is 19.2 Å². The number of nitro benzene ring substituents is 1. The number of hydrogen-bond acceptors (Lipinski definition) is 4. The lowest BCUT2D eigenvalue weighted by atomic mass is 10.2. The molecule has 7 heteroatoms. The van der Waals surface area contributed by atoms with Gasteiger partial charge in [-0.25, -0.2) is 0 Å². The van der Waals surface area contributed by atoms with Gasteiger partial charge in [-0.1, -0.05) is 12.5 Å². The first kappa shape index (κ1) is 14.9. The van der Waals surface area contributed by atoms with Crippen molar-refractivity contribution in [3.05, 3.63) is 34.1 Å². The van der Waals surface area contributed by atoms with E-state index < -0.39 is 22.4 Å². The van der Waals surface area contributed by atoms with Crippen LogP contribution in [0.3, 0.4) is 0 Å². The molecule has 0 aromatic heterocycles. The van der Waals surface area contributed by atoms with Crippen molar-refractivity contribution in [2.45, 2.75) is 25.7 Å². The maximum Gasteiger partial charge on any atom is 0.327 e. The van der Waals surface area contributed by atoms with Crippen molar-refractivity contribution in [3.8, 4) is 0 Å². The zero-order valence-electron chi connectivity index (χ0n) is 10.3. The molecule has 0 aliphatic heterocycles. The number of para-hydroxylation sites is 1. The van der Waals surface area contributed by atoms with Crippen LogP contribution in [0.4, 0.5) is 15.8 Å². The monoisotopic (exact) mass is 270 g/mol. The smallest absolute Gasteiger partial charge is 0.327 e. The first-order valence-electron chi connectivity index (χ1n) is 5.91. The van der Waals surface area contributed by atoms with Crippen molar-refractivity contribution in [3.63, 3.8) is 0 Å². The molecule has 1 aromatic rings. The maximum absolute atomic E-state index is 13.3. The molecular formula is C12H15FN2O4. The molecule has 0 heterocycles. The number of nitrogens with one attached hydrogen (secondary N) is 1. The Morgan fingerprint density at radius 3 is 2.74 bits per heavy atom. The van der Waals surface area contributed by atoms with E-state index in [4.69, 9.17) is 5.11 Å². The van der Waals surface area contributed by atoms with Crippen LogP contribution in [0, 0.1) is 15.9 Å². The number of carboxylic acids is 1. The van der Waals surface area contributed by atoms with Gasteiger partial charge in [0.15, 0.2) is 0 Å². The molecule has 2 N–H and O–H groups in total. The fraction of sp³-hybridized carbons (Fsp3) is 0.417. The van der Waals surface area contributed by atoms with E-state index in [-0.39, 0.29) is 12.1 Å². The molecule has 0 radical (unpaired) electrons. The zero-order valence-corrected chi connectivity index (χ0v) is 10.3. The molecule has 0 unspecified atom stereocenters. The Kier molecular flexibility index (Phi) is 5.72. The number of aliphatic carboxylic acids is 1. The lowest BCUT2D eigenvalue weighted by Crippen LogP contribution is -2.06. The van der Waals surface area contributed by atoms with Crippen molar-refractivity contribution >= 4 is 17.3 Å². The normalized spacial score (nSPS) is 10.2. The second-order valence-electron chi connectivity index (χ2n) is 4.02. The first-order valence-corrected chi connectivity index (χ1v) is 5.91. The van der Waals surface area contributed by atoms with E-state index in [1.807, 2.05) is 0 Å². The van der Waals surface area contributed by atoms with Crippen molar-refractivity contribution in [1.29, 1.82) is 0 Å².